The number of aliphatic carboxylic acids is 1. The topological polar surface area (TPSA) is 63.3 Å². The maximum atomic E-state index is 11.3. The van der Waals surface area contributed by atoms with Crippen LogP contribution in [-0.4, -0.2) is 22.4 Å². The van der Waals surface area contributed by atoms with Gasteiger partial charge in [0.1, 0.15) is 5.54 Å². The van der Waals surface area contributed by atoms with E-state index >= 15 is 0 Å². The fourth-order valence-corrected chi connectivity index (χ4v) is 3.91. The quantitative estimate of drug-likeness (QED) is 0.813. The van der Waals surface area contributed by atoms with Gasteiger partial charge in [-0.25, -0.2) is 0 Å². The molecule has 104 valence electrons. The van der Waals surface area contributed by atoms with Gasteiger partial charge in [-0.1, -0.05) is 24.6 Å². The summed E-state index contributed by atoms with van der Waals surface area (Å²) in [6.07, 6.45) is 3.36. The highest BCUT2D eigenvalue weighted by Gasteiger charge is 2.45. The summed E-state index contributed by atoms with van der Waals surface area (Å²) in [5.41, 5.74) is 6.33. The van der Waals surface area contributed by atoms with Gasteiger partial charge in [-0.15, -0.1) is 11.8 Å². The summed E-state index contributed by atoms with van der Waals surface area (Å²) in [4.78, 5) is 12.6. The fourth-order valence-electron chi connectivity index (χ4n) is 2.82. The number of rotatable bonds is 5. The van der Waals surface area contributed by atoms with E-state index in [1.54, 1.807) is 11.8 Å². The summed E-state index contributed by atoms with van der Waals surface area (Å²) >= 11 is 1.80. The van der Waals surface area contributed by atoms with Gasteiger partial charge in [0, 0.05) is 4.90 Å². The summed E-state index contributed by atoms with van der Waals surface area (Å²) in [6, 6.07) is 8.28. The van der Waals surface area contributed by atoms with Gasteiger partial charge in [0.2, 0.25) is 0 Å². The van der Waals surface area contributed by atoms with Gasteiger partial charge >= 0.3 is 5.97 Å². The van der Waals surface area contributed by atoms with Crippen LogP contribution in [0.3, 0.4) is 0 Å². The Hall–Kier alpha value is -1.00. The maximum Gasteiger partial charge on any atom is 0.323 e. The molecule has 0 radical (unpaired) electrons. The Morgan fingerprint density at radius 3 is 2.95 bits per heavy atom. The number of benzene rings is 1. The molecule has 1 aromatic carbocycles. The normalized spacial score (nSPS) is 26.5. The number of hydrogen-bond acceptors (Lipinski definition) is 3. The number of thioether (sulfide) groups is 1. The largest absolute Gasteiger partial charge is 0.480 e. The SMILES string of the molecule is Cc1ccccc1SCCC1CCCC1(N)C(=O)O. The van der Waals surface area contributed by atoms with Crippen LogP contribution in [0.25, 0.3) is 0 Å². The van der Waals surface area contributed by atoms with Crippen molar-refractivity contribution in [3.05, 3.63) is 29.8 Å². The van der Waals surface area contributed by atoms with Crippen molar-refractivity contribution in [1.82, 2.24) is 0 Å². The Morgan fingerprint density at radius 2 is 2.26 bits per heavy atom. The van der Waals surface area contributed by atoms with Crippen LogP contribution in [0.1, 0.15) is 31.2 Å². The lowest BCUT2D eigenvalue weighted by Gasteiger charge is -2.26. The second-order valence-corrected chi connectivity index (χ2v) is 6.47. The van der Waals surface area contributed by atoms with Gasteiger partial charge in [0.25, 0.3) is 0 Å². The van der Waals surface area contributed by atoms with Crippen molar-refractivity contribution in [1.29, 1.82) is 0 Å². The molecule has 1 aromatic rings. The minimum atomic E-state index is -0.994. The molecule has 0 saturated heterocycles. The molecule has 1 aliphatic carbocycles. The molecule has 0 heterocycles. The molecule has 1 aliphatic rings. The first kappa shape index (κ1) is 14.4. The Morgan fingerprint density at radius 1 is 1.53 bits per heavy atom. The minimum absolute atomic E-state index is 0.113. The van der Waals surface area contributed by atoms with Gasteiger partial charge in [0.15, 0.2) is 0 Å². The first-order chi connectivity index (χ1) is 9.04. The minimum Gasteiger partial charge on any atom is -0.480 e. The third kappa shape index (κ3) is 3.12. The van der Waals surface area contributed by atoms with Gasteiger partial charge in [0.05, 0.1) is 0 Å². The number of hydrogen-bond donors (Lipinski definition) is 2. The van der Waals surface area contributed by atoms with E-state index in [0.717, 1.165) is 25.0 Å². The van der Waals surface area contributed by atoms with Crippen molar-refractivity contribution in [3.63, 3.8) is 0 Å². The smallest absolute Gasteiger partial charge is 0.323 e. The lowest BCUT2D eigenvalue weighted by molar-refractivity contribution is -0.144. The van der Waals surface area contributed by atoms with E-state index in [2.05, 4.69) is 19.1 Å². The third-order valence-electron chi connectivity index (χ3n) is 4.09. The standard InChI is InChI=1S/C15H21NO2S/c1-11-5-2-3-7-13(11)19-10-8-12-6-4-9-15(12,16)14(17)18/h2-3,5,7,12H,4,6,8-10,16H2,1H3,(H,17,18). The molecule has 2 rings (SSSR count). The van der Waals surface area contributed by atoms with Crippen LogP contribution in [0.15, 0.2) is 29.2 Å². The van der Waals surface area contributed by atoms with Crippen LogP contribution >= 0.6 is 11.8 Å². The predicted octanol–water partition coefficient (Wildman–Crippen LogP) is 3.06. The van der Waals surface area contributed by atoms with Crippen molar-refractivity contribution >= 4 is 17.7 Å². The molecule has 0 aromatic heterocycles. The zero-order valence-corrected chi connectivity index (χ0v) is 12.1. The van der Waals surface area contributed by atoms with E-state index in [1.165, 1.54) is 10.5 Å². The Kier molecular flexibility index (Phi) is 4.53. The summed E-state index contributed by atoms with van der Waals surface area (Å²) in [6.45, 7) is 2.10. The van der Waals surface area contributed by atoms with Crippen LogP contribution in [0, 0.1) is 12.8 Å². The van der Waals surface area contributed by atoms with Crippen molar-refractivity contribution in [2.75, 3.05) is 5.75 Å². The summed E-state index contributed by atoms with van der Waals surface area (Å²) < 4.78 is 0. The zero-order chi connectivity index (χ0) is 13.9. The average Bonchev–Trinajstić information content (AvgIpc) is 2.75. The Labute approximate surface area is 118 Å². The average molecular weight is 279 g/mol. The zero-order valence-electron chi connectivity index (χ0n) is 11.3. The molecule has 2 atom stereocenters. The second-order valence-electron chi connectivity index (χ2n) is 5.34. The fraction of sp³-hybridized carbons (Fsp3) is 0.533. The molecule has 1 saturated carbocycles. The monoisotopic (exact) mass is 279 g/mol. The van der Waals surface area contributed by atoms with Gasteiger partial charge in [-0.05, 0) is 49.5 Å². The Bertz CT molecular complexity index is 463. The first-order valence-corrected chi connectivity index (χ1v) is 7.73. The Balaban J connectivity index is 1.89. The molecule has 3 nitrogen and oxygen atoms in total. The molecule has 4 heteroatoms. The van der Waals surface area contributed by atoms with Gasteiger partial charge in [-0.3, -0.25) is 4.79 Å². The highest BCUT2D eigenvalue weighted by molar-refractivity contribution is 7.99. The molecule has 19 heavy (non-hydrogen) atoms. The lowest BCUT2D eigenvalue weighted by Crippen LogP contribution is -2.51. The molecule has 0 bridgehead atoms. The third-order valence-corrected chi connectivity index (χ3v) is 5.30. The number of carbonyl (C=O) groups is 1. The molecule has 2 unspecified atom stereocenters. The first-order valence-electron chi connectivity index (χ1n) is 6.75. The van der Waals surface area contributed by atoms with Crippen LogP contribution in [0.5, 0.6) is 0 Å². The predicted molar refractivity (Wildman–Crippen MR) is 78.4 cm³/mol. The van der Waals surface area contributed by atoms with Crippen molar-refractivity contribution in [2.45, 2.75) is 43.0 Å². The number of nitrogens with two attached hydrogens (primary N) is 1. The molecule has 0 aliphatic heterocycles. The molecular formula is C15H21NO2S. The highest BCUT2D eigenvalue weighted by Crippen LogP contribution is 2.37. The molecule has 3 N–H and O–H groups in total. The molecule has 0 spiro atoms. The molecule has 0 amide bonds. The number of carboxylic acids is 1. The summed E-state index contributed by atoms with van der Waals surface area (Å²) in [5, 5.41) is 9.27. The highest BCUT2D eigenvalue weighted by atomic mass is 32.2. The van der Waals surface area contributed by atoms with Crippen LogP contribution < -0.4 is 5.73 Å². The number of aryl methyl sites for hydroxylation is 1. The molecule has 1 fully saturated rings. The molecular weight excluding hydrogens is 258 g/mol. The summed E-state index contributed by atoms with van der Waals surface area (Å²) in [5.74, 6) is 0.208. The van der Waals surface area contributed by atoms with Crippen molar-refractivity contribution in [2.24, 2.45) is 11.7 Å². The number of carboxylic acid groups (broad SMARTS) is 1. The van der Waals surface area contributed by atoms with Crippen LogP contribution in [0.4, 0.5) is 0 Å². The van der Waals surface area contributed by atoms with Crippen molar-refractivity contribution < 1.29 is 9.90 Å². The van der Waals surface area contributed by atoms with E-state index in [1.807, 2.05) is 12.1 Å². The van der Waals surface area contributed by atoms with E-state index in [9.17, 15) is 9.90 Å². The van der Waals surface area contributed by atoms with Crippen LogP contribution in [-0.2, 0) is 4.79 Å². The van der Waals surface area contributed by atoms with E-state index in [0.29, 0.717) is 6.42 Å². The second kappa shape index (κ2) is 5.97. The van der Waals surface area contributed by atoms with Crippen molar-refractivity contribution in [3.8, 4) is 0 Å². The van der Waals surface area contributed by atoms with E-state index < -0.39 is 11.5 Å². The maximum absolute atomic E-state index is 11.3. The van der Waals surface area contributed by atoms with E-state index in [4.69, 9.17) is 5.73 Å². The summed E-state index contributed by atoms with van der Waals surface area (Å²) in [7, 11) is 0. The lowest BCUT2D eigenvalue weighted by atomic mass is 9.86. The van der Waals surface area contributed by atoms with Crippen LogP contribution in [0.2, 0.25) is 0 Å². The van der Waals surface area contributed by atoms with E-state index in [-0.39, 0.29) is 5.92 Å². The van der Waals surface area contributed by atoms with Gasteiger partial charge < -0.3 is 10.8 Å². The van der Waals surface area contributed by atoms with Gasteiger partial charge in [-0.2, -0.15) is 0 Å².